The number of carbonyl (C=O) groups is 1. The van der Waals surface area contributed by atoms with Crippen LogP contribution in [0.5, 0.6) is 0 Å². The predicted octanol–water partition coefficient (Wildman–Crippen LogP) is 2.50. The van der Waals surface area contributed by atoms with Gasteiger partial charge in [-0.05, 0) is 50.7 Å². The Morgan fingerprint density at radius 1 is 1.17 bits per heavy atom. The number of carbonyl (C=O) groups excluding carboxylic acids is 1. The molecule has 0 spiro atoms. The summed E-state index contributed by atoms with van der Waals surface area (Å²) in [6.45, 7) is 6.97. The van der Waals surface area contributed by atoms with Crippen LogP contribution in [0.2, 0.25) is 0 Å². The minimum atomic E-state index is 0.119. The number of nitrogens with zero attached hydrogens (tertiary/aromatic N) is 1. The van der Waals surface area contributed by atoms with Gasteiger partial charge < -0.3 is 10.2 Å². The molecule has 0 aliphatic carbocycles. The molecule has 2 aromatic rings. The topological polar surface area (TPSA) is 46.4 Å². The number of likely N-dealkylation sites (tertiary alicyclic amines) is 1. The summed E-state index contributed by atoms with van der Waals surface area (Å²) < 4.78 is 0. The average Bonchev–Trinajstić information content (AvgIpc) is 2.85. The van der Waals surface area contributed by atoms with E-state index in [9.17, 15) is 4.79 Å². The number of fused-ring (bicyclic) bond motifs is 1. The number of benzene rings is 1. The molecule has 1 saturated heterocycles. The lowest BCUT2D eigenvalue weighted by atomic mass is 10.1. The Balaban J connectivity index is 1.83. The van der Waals surface area contributed by atoms with Gasteiger partial charge >= 0.3 is 0 Å². The zero-order valence-corrected chi connectivity index (χ0v) is 14.8. The molecule has 24 heavy (non-hydrogen) atoms. The number of amides is 1. The van der Waals surface area contributed by atoms with Crippen molar-refractivity contribution in [1.29, 1.82) is 0 Å². The van der Waals surface area contributed by atoms with Crippen molar-refractivity contribution in [1.82, 2.24) is 4.98 Å². The van der Waals surface area contributed by atoms with E-state index in [0.717, 1.165) is 47.4 Å². The monoisotopic (exact) mass is 326 g/mol. The van der Waals surface area contributed by atoms with Gasteiger partial charge in [0.15, 0.2) is 6.54 Å². The molecule has 0 radical (unpaired) electrons. The molecule has 128 valence electrons. The first-order valence-electron chi connectivity index (χ1n) is 9.20. The molecule has 0 atom stereocenters. The molecular formula is C20H28N3O+. The van der Waals surface area contributed by atoms with Crippen LogP contribution in [-0.4, -0.2) is 30.5 Å². The van der Waals surface area contributed by atoms with Crippen LogP contribution in [-0.2, 0) is 11.2 Å². The van der Waals surface area contributed by atoms with Crippen LogP contribution >= 0.6 is 0 Å². The molecule has 2 heterocycles. The number of aryl methyl sites for hydroxylation is 1. The maximum atomic E-state index is 12.6. The van der Waals surface area contributed by atoms with Crippen LogP contribution in [0, 0.1) is 6.92 Å². The Morgan fingerprint density at radius 2 is 1.88 bits per heavy atom. The molecule has 1 amide bonds. The first kappa shape index (κ1) is 16.9. The molecule has 1 aliphatic heterocycles. The first-order chi connectivity index (χ1) is 11.7. The highest BCUT2D eigenvalue weighted by Crippen LogP contribution is 2.28. The van der Waals surface area contributed by atoms with Crippen LogP contribution in [0.3, 0.4) is 0 Å². The first-order valence-corrected chi connectivity index (χ1v) is 9.20. The Morgan fingerprint density at radius 3 is 2.58 bits per heavy atom. The smallest absolute Gasteiger partial charge is 0.279 e. The molecule has 1 aliphatic rings. The van der Waals surface area contributed by atoms with Crippen molar-refractivity contribution < 1.29 is 9.69 Å². The van der Waals surface area contributed by atoms with Gasteiger partial charge in [-0.1, -0.05) is 25.1 Å². The van der Waals surface area contributed by atoms with Crippen molar-refractivity contribution in [2.24, 2.45) is 0 Å². The van der Waals surface area contributed by atoms with E-state index in [2.05, 4.69) is 19.2 Å². The minimum absolute atomic E-state index is 0.119. The highest BCUT2D eigenvalue weighted by Gasteiger charge is 2.18. The third-order valence-corrected chi connectivity index (χ3v) is 5.06. The summed E-state index contributed by atoms with van der Waals surface area (Å²) >= 11 is 0. The summed E-state index contributed by atoms with van der Waals surface area (Å²) in [6, 6.07) is 8.06. The maximum Gasteiger partial charge on any atom is 0.279 e. The molecule has 2 N–H and O–H groups in total. The summed E-state index contributed by atoms with van der Waals surface area (Å²) in [7, 11) is 0. The summed E-state index contributed by atoms with van der Waals surface area (Å²) in [5.41, 5.74) is 4.05. The van der Waals surface area contributed by atoms with Crippen LogP contribution < -0.4 is 10.2 Å². The van der Waals surface area contributed by atoms with Gasteiger partial charge in [0.1, 0.15) is 0 Å². The van der Waals surface area contributed by atoms with Crippen LogP contribution in [0.4, 0.5) is 5.69 Å². The number of aromatic nitrogens is 1. The highest BCUT2D eigenvalue weighted by atomic mass is 16.2. The van der Waals surface area contributed by atoms with Gasteiger partial charge in [0.2, 0.25) is 0 Å². The third kappa shape index (κ3) is 3.75. The van der Waals surface area contributed by atoms with Crippen molar-refractivity contribution >= 4 is 22.5 Å². The average molecular weight is 326 g/mol. The Bertz CT molecular complexity index is 718. The number of anilines is 1. The zero-order valence-electron chi connectivity index (χ0n) is 14.8. The van der Waals surface area contributed by atoms with Crippen molar-refractivity contribution in [3.8, 4) is 0 Å². The Kier molecular flexibility index (Phi) is 5.46. The van der Waals surface area contributed by atoms with E-state index < -0.39 is 0 Å². The lowest BCUT2D eigenvalue weighted by molar-refractivity contribution is -0.890. The number of hydrogen-bond acceptors (Lipinski definition) is 2. The molecule has 0 saturated carbocycles. The van der Waals surface area contributed by atoms with E-state index in [0.29, 0.717) is 6.54 Å². The lowest BCUT2D eigenvalue weighted by Gasteiger charge is -2.18. The number of quaternary nitrogens is 1. The highest BCUT2D eigenvalue weighted by molar-refractivity contribution is 6.02. The number of nitrogens with one attached hydrogen (secondary N) is 2. The van der Waals surface area contributed by atoms with E-state index >= 15 is 0 Å². The number of pyridine rings is 1. The van der Waals surface area contributed by atoms with Crippen LogP contribution in [0.15, 0.2) is 24.3 Å². The minimum Gasteiger partial charge on any atom is -0.327 e. The summed E-state index contributed by atoms with van der Waals surface area (Å²) in [6.07, 6.45) is 5.95. The van der Waals surface area contributed by atoms with Gasteiger partial charge in [-0.2, -0.15) is 0 Å². The van der Waals surface area contributed by atoms with Crippen molar-refractivity contribution in [2.75, 3.05) is 25.0 Å². The van der Waals surface area contributed by atoms with E-state index in [1.807, 2.05) is 24.3 Å². The second kappa shape index (κ2) is 7.75. The second-order valence-corrected chi connectivity index (χ2v) is 6.82. The predicted molar refractivity (Wildman–Crippen MR) is 98.5 cm³/mol. The largest absolute Gasteiger partial charge is 0.327 e. The normalized spacial score (nSPS) is 16.1. The van der Waals surface area contributed by atoms with Gasteiger partial charge in [-0.25, -0.2) is 0 Å². The molecule has 1 aromatic carbocycles. The van der Waals surface area contributed by atoms with E-state index in [1.54, 1.807) is 0 Å². The van der Waals surface area contributed by atoms with Crippen molar-refractivity contribution in [3.05, 3.63) is 35.5 Å². The quantitative estimate of drug-likeness (QED) is 0.907. The van der Waals surface area contributed by atoms with Gasteiger partial charge in [0.25, 0.3) is 5.91 Å². The van der Waals surface area contributed by atoms with E-state index in [4.69, 9.17) is 4.98 Å². The fourth-order valence-corrected chi connectivity index (χ4v) is 3.68. The molecule has 0 bridgehead atoms. The SMILES string of the molecule is CCc1nc2ccccc2c(NC(=O)C[NH+]2CCCCCC2)c1C. The number of rotatable bonds is 4. The second-order valence-electron chi connectivity index (χ2n) is 6.82. The van der Waals surface area contributed by atoms with E-state index in [-0.39, 0.29) is 5.91 Å². The summed E-state index contributed by atoms with van der Waals surface area (Å²) in [5, 5.41) is 4.23. The van der Waals surface area contributed by atoms with Crippen molar-refractivity contribution in [3.63, 3.8) is 0 Å². The Hall–Kier alpha value is -1.94. The van der Waals surface area contributed by atoms with Gasteiger partial charge in [0.05, 0.1) is 24.3 Å². The fourth-order valence-electron chi connectivity index (χ4n) is 3.68. The molecular weight excluding hydrogens is 298 g/mol. The van der Waals surface area contributed by atoms with Crippen molar-refractivity contribution in [2.45, 2.75) is 46.0 Å². The van der Waals surface area contributed by atoms with E-state index in [1.165, 1.54) is 30.6 Å². The lowest BCUT2D eigenvalue weighted by Crippen LogP contribution is -3.12. The Labute approximate surface area is 144 Å². The van der Waals surface area contributed by atoms with Gasteiger partial charge in [-0.15, -0.1) is 0 Å². The zero-order chi connectivity index (χ0) is 16.9. The molecule has 1 fully saturated rings. The summed E-state index contributed by atoms with van der Waals surface area (Å²) in [4.78, 5) is 18.8. The summed E-state index contributed by atoms with van der Waals surface area (Å²) in [5.74, 6) is 0.119. The maximum absolute atomic E-state index is 12.6. The molecule has 3 rings (SSSR count). The van der Waals surface area contributed by atoms with Crippen LogP contribution in [0.25, 0.3) is 10.9 Å². The molecule has 1 aromatic heterocycles. The third-order valence-electron chi connectivity index (χ3n) is 5.06. The fraction of sp³-hybridized carbons (Fsp3) is 0.500. The van der Waals surface area contributed by atoms with Crippen LogP contribution in [0.1, 0.15) is 43.9 Å². The standard InChI is InChI=1S/C20H27N3O/c1-3-17-15(2)20(16-10-6-7-11-18(16)21-17)22-19(24)14-23-12-8-4-5-9-13-23/h6-7,10-11H,3-5,8-9,12-14H2,1-2H3,(H,21,22,24)/p+1. The number of para-hydroxylation sites is 1. The molecule has 4 nitrogen and oxygen atoms in total. The van der Waals surface area contributed by atoms with Gasteiger partial charge in [0, 0.05) is 11.1 Å². The molecule has 4 heteroatoms. The number of hydrogen-bond donors (Lipinski definition) is 2. The molecule has 0 unspecified atom stereocenters. The van der Waals surface area contributed by atoms with Gasteiger partial charge in [-0.3, -0.25) is 9.78 Å².